The van der Waals surface area contributed by atoms with Gasteiger partial charge in [0.1, 0.15) is 11.8 Å². The Labute approximate surface area is 157 Å². The molecule has 140 valence electrons. The number of amides is 1. The van der Waals surface area contributed by atoms with Crippen LogP contribution in [0.3, 0.4) is 0 Å². The first kappa shape index (κ1) is 17.5. The molecule has 3 aromatic heterocycles. The molecule has 1 fully saturated rings. The molecule has 0 spiro atoms. The predicted octanol–water partition coefficient (Wildman–Crippen LogP) is 3.49. The average molecular weight is 365 g/mol. The Kier molecular flexibility index (Phi) is 4.51. The van der Waals surface area contributed by atoms with Crippen LogP contribution in [0.2, 0.25) is 0 Å². The van der Waals surface area contributed by atoms with Crippen molar-refractivity contribution in [3.05, 3.63) is 42.1 Å². The zero-order valence-corrected chi connectivity index (χ0v) is 15.8. The van der Waals surface area contributed by atoms with Gasteiger partial charge in [-0.05, 0) is 44.7 Å². The summed E-state index contributed by atoms with van der Waals surface area (Å²) in [7, 11) is 1.60. The highest BCUT2D eigenvalue weighted by Crippen LogP contribution is 2.34. The van der Waals surface area contributed by atoms with Gasteiger partial charge in [-0.3, -0.25) is 9.78 Å². The topological polar surface area (TPSA) is 81.9 Å². The van der Waals surface area contributed by atoms with E-state index in [-0.39, 0.29) is 11.9 Å². The number of hydrogen-bond donors (Lipinski definition) is 1. The molecular weight excluding hydrogens is 342 g/mol. The van der Waals surface area contributed by atoms with E-state index < -0.39 is 0 Å². The van der Waals surface area contributed by atoms with Gasteiger partial charge in [-0.1, -0.05) is 0 Å². The van der Waals surface area contributed by atoms with Crippen LogP contribution in [0.25, 0.3) is 11.0 Å². The van der Waals surface area contributed by atoms with Crippen molar-refractivity contribution in [2.75, 3.05) is 12.4 Å². The first-order valence-electron chi connectivity index (χ1n) is 9.19. The summed E-state index contributed by atoms with van der Waals surface area (Å²) in [5.41, 5.74) is 4.24. The number of ether oxygens (including phenoxy) is 1. The lowest BCUT2D eigenvalue weighted by Crippen LogP contribution is -2.12. The van der Waals surface area contributed by atoms with Crippen molar-refractivity contribution in [1.82, 2.24) is 19.5 Å². The van der Waals surface area contributed by atoms with Gasteiger partial charge in [-0.25, -0.2) is 9.97 Å². The maximum atomic E-state index is 12.3. The van der Waals surface area contributed by atoms with Gasteiger partial charge in [0.05, 0.1) is 30.0 Å². The molecule has 0 aromatic carbocycles. The fraction of sp³-hybridized carbons (Fsp3) is 0.400. The van der Waals surface area contributed by atoms with Crippen molar-refractivity contribution in [3.63, 3.8) is 0 Å². The van der Waals surface area contributed by atoms with Crippen LogP contribution in [0.15, 0.2) is 30.9 Å². The molecule has 7 heteroatoms. The van der Waals surface area contributed by atoms with Crippen LogP contribution in [0.4, 0.5) is 5.69 Å². The van der Waals surface area contributed by atoms with Gasteiger partial charge in [0.2, 0.25) is 11.8 Å². The van der Waals surface area contributed by atoms with E-state index >= 15 is 0 Å². The first-order valence-corrected chi connectivity index (χ1v) is 9.19. The number of aromatic nitrogens is 4. The van der Waals surface area contributed by atoms with Crippen LogP contribution in [0.5, 0.6) is 5.88 Å². The Balaban J connectivity index is 1.72. The Morgan fingerprint density at radius 3 is 2.93 bits per heavy atom. The molecule has 1 unspecified atom stereocenters. The molecule has 3 aromatic rings. The number of carbonyl (C=O) groups excluding carboxylic acids is 1. The number of fused-ring (bicyclic) bond motifs is 1. The summed E-state index contributed by atoms with van der Waals surface area (Å²) in [4.78, 5) is 25.4. The molecule has 1 aliphatic carbocycles. The van der Waals surface area contributed by atoms with Crippen molar-refractivity contribution in [2.45, 2.75) is 39.2 Å². The number of nitrogens with one attached hydrogen (secondary N) is 1. The number of anilines is 1. The maximum absolute atomic E-state index is 12.3. The Morgan fingerprint density at radius 2 is 2.19 bits per heavy atom. The molecule has 1 atom stereocenters. The third-order valence-corrected chi connectivity index (χ3v) is 5.12. The third-order valence-electron chi connectivity index (χ3n) is 5.12. The number of rotatable bonds is 6. The molecule has 1 saturated carbocycles. The first-order chi connectivity index (χ1) is 13.1. The summed E-state index contributed by atoms with van der Waals surface area (Å²) in [6.07, 6.45) is 8.09. The molecule has 1 aliphatic rings. The number of pyridine rings is 1. The largest absolute Gasteiger partial charge is 0.481 e. The van der Waals surface area contributed by atoms with Gasteiger partial charge in [0.25, 0.3) is 0 Å². The lowest BCUT2D eigenvalue weighted by Gasteiger charge is -2.17. The van der Waals surface area contributed by atoms with Gasteiger partial charge < -0.3 is 14.6 Å². The van der Waals surface area contributed by atoms with Crippen molar-refractivity contribution in [3.8, 4) is 5.88 Å². The van der Waals surface area contributed by atoms with Gasteiger partial charge in [-0.15, -0.1) is 0 Å². The van der Waals surface area contributed by atoms with E-state index in [1.165, 1.54) is 6.33 Å². The normalized spacial score (nSPS) is 14.9. The lowest BCUT2D eigenvalue weighted by molar-refractivity contribution is -0.116. The molecule has 0 aliphatic heterocycles. The zero-order valence-electron chi connectivity index (χ0n) is 15.8. The zero-order chi connectivity index (χ0) is 19.0. The van der Waals surface area contributed by atoms with E-state index in [2.05, 4.69) is 31.8 Å². The van der Waals surface area contributed by atoms with E-state index in [4.69, 9.17) is 4.74 Å². The van der Waals surface area contributed by atoms with Crippen LogP contribution in [-0.2, 0) is 4.79 Å². The van der Waals surface area contributed by atoms with Crippen LogP contribution in [-0.4, -0.2) is 32.5 Å². The summed E-state index contributed by atoms with van der Waals surface area (Å²) >= 11 is 0. The Bertz CT molecular complexity index is 993. The number of methoxy groups -OCH3 is 1. The van der Waals surface area contributed by atoms with Gasteiger partial charge in [-0.2, -0.15) is 0 Å². The summed E-state index contributed by atoms with van der Waals surface area (Å²) in [5, 5.41) is 3.04. The van der Waals surface area contributed by atoms with Crippen LogP contribution in [0, 0.1) is 12.8 Å². The number of hydrogen-bond acceptors (Lipinski definition) is 5. The SMILES string of the molecule is COc1ncnc(C(C)n2cc(NC(=O)CC3CC3)c3ncccc32)c1C. The quantitative estimate of drug-likeness (QED) is 0.723. The molecule has 0 saturated heterocycles. The standard InChI is InChI=1S/C20H23N5O2/c1-12-18(22-11-23-20(12)27-3)13(2)25-10-15(19-16(25)5-4-8-21-19)24-17(26)9-14-6-7-14/h4-5,8,10-11,13-14H,6-7,9H2,1-3H3,(H,24,26). The Morgan fingerprint density at radius 1 is 1.37 bits per heavy atom. The second-order valence-electron chi connectivity index (χ2n) is 7.09. The number of carbonyl (C=O) groups is 1. The maximum Gasteiger partial charge on any atom is 0.224 e. The van der Waals surface area contributed by atoms with Gasteiger partial charge >= 0.3 is 0 Å². The van der Waals surface area contributed by atoms with E-state index in [1.54, 1.807) is 13.3 Å². The molecule has 4 rings (SSSR count). The fourth-order valence-corrected chi connectivity index (χ4v) is 3.49. The van der Waals surface area contributed by atoms with E-state index in [0.717, 1.165) is 40.8 Å². The number of nitrogens with zero attached hydrogens (tertiary/aromatic N) is 4. The van der Waals surface area contributed by atoms with Crippen LogP contribution >= 0.6 is 0 Å². The predicted molar refractivity (Wildman–Crippen MR) is 103 cm³/mol. The summed E-state index contributed by atoms with van der Waals surface area (Å²) < 4.78 is 7.42. The summed E-state index contributed by atoms with van der Waals surface area (Å²) in [5.74, 6) is 1.16. The van der Waals surface area contributed by atoms with Gasteiger partial charge in [0, 0.05) is 24.4 Å². The molecule has 1 N–H and O–H groups in total. The lowest BCUT2D eigenvalue weighted by atomic mass is 10.1. The molecule has 1 amide bonds. The highest BCUT2D eigenvalue weighted by atomic mass is 16.5. The second-order valence-corrected chi connectivity index (χ2v) is 7.09. The monoisotopic (exact) mass is 365 g/mol. The minimum atomic E-state index is -0.0670. The smallest absolute Gasteiger partial charge is 0.224 e. The van der Waals surface area contributed by atoms with Crippen molar-refractivity contribution in [2.24, 2.45) is 5.92 Å². The van der Waals surface area contributed by atoms with E-state index in [1.807, 2.05) is 25.3 Å². The van der Waals surface area contributed by atoms with Crippen LogP contribution < -0.4 is 10.1 Å². The minimum absolute atomic E-state index is 0.0507. The summed E-state index contributed by atoms with van der Waals surface area (Å²) in [6.45, 7) is 4.02. The molecule has 3 heterocycles. The van der Waals surface area contributed by atoms with Gasteiger partial charge in [0.15, 0.2) is 0 Å². The van der Waals surface area contributed by atoms with Crippen molar-refractivity contribution < 1.29 is 9.53 Å². The fourth-order valence-electron chi connectivity index (χ4n) is 3.49. The molecule has 0 radical (unpaired) electrons. The van der Waals surface area contributed by atoms with Crippen molar-refractivity contribution in [1.29, 1.82) is 0 Å². The molecule has 0 bridgehead atoms. The second kappa shape index (κ2) is 6.98. The highest BCUT2D eigenvalue weighted by Gasteiger charge is 2.25. The Hall–Kier alpha value is -2.96. The molecule has 7 nitrogen and oxygen atoms in total. The van der Waals surface area contributed by atoms with E-state index in [0.29, 0.717) is 18.2 Å². The third kappa shape index (κ3) is 3.37. The molecule has 27 heavy (non-hydrogen) atoms. The highest BCUT2D eigenvalue weighted by molar-refractivity contribution is 6.00. The van der Waals surface area contributed by atoms with Crippen molar-refractivity contribution >= 4 is 22.6 Å². The van der Waals surface area contributed by atoms with Crippen LogP contribution in [0.1, 0.15) is 43.5 Å². The average Bonchev–Trinajstić information content (AvgIpc) is 3.41. The molecular formula is C20H23N5O2. The summed E-state index contributed by atoms with van der Waals surface area (Å²) in [6, 6.07) is 3.83. The van der Waals surface area contributed by atoms with E-state index in [9.17, 15) is 4.79 Å². The minimum Gasteiger partial charge on any atom is -0.481 e.